The Balaban J connectivity index is 2.32. The van der Waals surface area contributed by atoms with Crippen LogP contribution >= 0.6 is 0 Å². The minimum atomic E-state index is -3.04. The molecule has 136 valence electrons. The highest BCUT2D eigenvalue weighted by molar-refractivity contribution is 5.60. The van der Waals surface area contributed by atoms with Gasteiger partial charge in [-0.1, -0.05) is 24.3 Å². The smallest absolute Gasteiger partial charge is 0.387 e. The van der Waals surface area contributed by atoms with Gasteiger partial charge in [-0.15, -0.1) is 0 Å². The van der Waals surface area contributed by atoms with Gasteiger partial charge in [0.05, 0.1) is 23.4 Å². The van der Waals surface area contributed by atoms with Gasteiger partial charge in [0, 0.05) is 11.5 Å². The SMILES string of the molecule is N#CC1=C(N)C(C#N)(C#N)[C@H](c2ccccc2OC(F)F)[C@@H]2CCCC=C12. The molecule has 2 atom stereocenters. The predicted molar refractivity (Wildman–Crippen MR) is 91.7 cm³/mol. The van der Waals surface area contributed by atoms with Gasteiger partial charge in [-0.05, 0) is 36.8 Å². The number of hydrogen-bond donors (Lipinski definition) is 1. The van der Waals surface area contributed by atoms with Crippen LogP contribution in [0, 0.1) is 45.3 Å². The molecule has 0 amide bonds. The molecule has 0 fully saturated rings. The monoisotopic (exact) mass is 366 g/mol. The standard InChI is InChI=1S/C20H16F2N4O/c21-19(22)27-16-8-4-3-7-14(16)17-13-6-2-1-5-12(13)15(9-23)18(26)20(17,10-24)11-25/h3-5,7-8,13,17,19H,1-2,6,26H2/t13-,17+/m1/s1. The summed E-state index contributed by atoms with van der Waals surface area (Å²) in [6.45, 7) is -3.04. The molecule has 1 aromatic carbocycles. The first kappa shape index (κ1) is 18.4. The summed E-state index contributed by atoms with van der Waals surface area (Å²) in [5.41, 5.74) is 5.33. The first-order chi connectivity index (χ1) is 13.0. The molecule has 2 N–H and O–H groups in total. The Labute approximate surface area is 155 Å². The van der Waals surface area contributed by atoms with E-state index in [0.29, 0.717) is 17.6 Å². The maximum absolute atomic E-state index is 12.9. The lowest BCUT2D eigenvalue weighted by Crippen LogP contribution is -2.42. The van der Waals surface area contributed by atoms with E-state index in [0.717, 1.165) is 12.8 Å². The van der Waals surface area contributed by atoms with Gasteiger partial charge >= 0.3 is 6.61 Å². The molecule has 2 aliphatic carbocycles. The summed E-state index contributed by atoms with van der Waals surface area (Å²) in [5, 5.41) is 29.4. The molecule has 0 saturated carbocycles. The summed E-state index contributed by atoms with van der Waals surface area (Å²) >= 11 is 0. The van der Waals surface area contributed by atoms with Crippen molar-refractivity contribution in [3.8, 4) is 24.0 Å². The lowest BCUT2D eigenvalue weighted by molar-refractivity contribution is -0.0509. The summed E-state index contributed by atoms with van der Waals surface area (Å²) in [6.07, 6.45) is 4.05. The fourth-order valence-electron chi connectivity index (χ4n) is 4.16. The maximum atomic E-state index is 12.9. The third kappa shape index (κ3) is 2.80. The van der Waals surface area contributed by atoms with Crippen LogP contribution in [0.25, 0.3) is 0 Å². The molecule has 0 bridgehead atoms. The highest BCUT2D eigenvalue weighted by Crippen LogP contribution is 2.57. The third-order valence-corrected chi connectivity index (χ3v) is 5.27. The van der Waals surface area contributed by atoms with Crippen LogP contribution in [0.3, 0.4) is 0 Å². The molecule has 0 radical (unpaired) electrons. The van der Waals surface area contributed by atoms with E-state index in [2.05, 4.69) is 4.74 Å². The van der Waals surface area contributed by atoms with Crippen LogP contribution in [0.15, 0.2) is 47.2 Å². The Morgan fingerprint density at radius 3 is 2.52 bits per heavy atom. The molecule has 0 saturated heterocycles. The average molecular weight is 366 g/mol. The number of hydrogen-bond acceptors (Lipinski definition) is 5. The van der Waals surface area contributed by atoms with Gasteiger partial charge < -0.3 is 10.5 Å². The van der Waals surface area contributed by atoms with Gasteiger partial charge in [-0.2, -0.15) is 24.6 Å². The Morgan fingerprint density at radius 2 is 1.89 bits per heavy atom. The lowest BCUT2D eigenvalue weighted by atomic mass is 9.56. The quantitative estimate of drug-likeness (QED) is 0.873. The van der Waals surface area contributed by atoms with Crippen molar-refractivity contribution >= 4 is 0 Å². The van der Waals surface area contributed by atoms with Gasteiger partial charge in [-0.3, -0.25) is 0 Å². The number of fused-ring (bicyclic) bond motifs is 1. The highest BCUT2D eigenvalue weighted by atomic mass is 19.3. The normalized spacial score (nSPS) is 23.5. The first-order valence-electron chi connectivity index (χ1n) is 8.47. The average Bonchev–Trinajstić information content (AvgIpc) is 2.67. The van der Waals surface area contributed by atoms with Crippen LogP contribution < -0.4 is 10.5 Å². The Hall–Kier alpha value is -3.37. The van der Waals surface area contributed by atoms with E-state index >= 15 is 0 Å². The van der Waals surface area contributed by atoms with E-state index in [4.69, 9.17) is 5.73 Å². The van der Waals surface area contributed by atoms with E-state index in [1.54, 1.807) is 18.2 Å². The van der Waals surface area contributed by atoms with E-state index in [-0.39, 0.29) is 22.9 Å². The fraction of sp³-hybridized carbons (Fsp3) is 0.350. The second-order valence-electron chi connectivity index (χ2n) is 6.52. The summed E-state index contributed by atoms with van der Waals surface area (Å²) in [4.78, 5) is 0. The molecule has 0 aliphatic heterocycles. The molecule has 0 unspecified atom stereocenters. The lowest BCUT2D eigenvalue weighted by Gasteiger charge is -2.43. The van der Waals surface area contributed by atoms with Crippen LogP contribution in [-0.2, 0) is 0 Å². The Kier molecular flexibility index (Phi) is 4.84. The fourth-order valence-corrected chi connectivity index (χ4v) is 4.16. The molecule has 0 aromatic heterocycles. The molecule has 3 rings (SSSR count). The molecule has 5 nitrogen and oxygen atoms in total. The summed E-state index contributed by atoms with van der Waals surface area (Å²) < 4.78 is 30.5. The molecular formula is C20H16F2N4O. The summed E-state index contributed by atoms with van der Waals surface area (Å²) in [6, 6.07) is 12.1. The van der Waals surface area contributed by atoms with E-state index in [1.165, 1.54) is 6.07 Å². The number of nitrogens with zero attached hydrogens (tertiary/aromatic N) is 3. The summed E-state index contributed by atoms with van der Waals surface area (Å²) in [5.74, 6) is -1.26. The number of rotatable bonds is 3. The molecular weight excluding hydrogens is 350 g/mol. The molecule has 7 heteroatoms. The van der Waals surface area contributed by atoms with E-state index < -0.39 is 17.9 Å². The van der Waals surface area contributed by atoms with Gasteiger partial charge in [-0.25, -0.2) is 0 Å². The van der Waals surface area contributed by atoms with Crippen molar-refractivity contribution in [2.24, 2.45) is 17.1 Å². The van der Waals surface area contributed by atoms with Crippen molar-refractivity contribution in [2.75, 3.05) is 0 Å². The number of benzene rings is 1. The van der Waals surface area contributed by atoms with Crippen molar-refractivity contribution in [2.45, 2.75) is 31.8 Å². The number of nitriles is 3. The molecule has 27 heavy (non-hydrogen) atoms. The zero-order valence-corrected chi connectivity index (χ0v) is 14.3. The minimum Gasteiger partial charge on any atom is -0.435 e. The minimum absolute atomic E-state index is 0.0921. The van der Waals surface area contributed by atoms with Crippen molar-refractivity contribution < 1.29 is 13.5 Å². The largest absolute Gasteiger partial charge is 0.435 e. The predicted octanol–water partition coefficient (Wildman–Crippen LogP) is 3.88. The molecule has 2 aliphatic rings. The number of allylic oxidation sites excluding steroid dienone is 4. The summed E-state index contributed by atoms with van der Waals surface area (Å²) in [7, 11) is 0. The Bertz CT molecular complexity index is 932. The van der Waals surface area contributed by atoms with E-state index in [1.807, 2.05) is 24.3 Å². The number of nitrogens with two attached hydrogens (primary N) is 1. The van der Waals surface area contributed by atoms with Gasteiger partial charge in [0.25, 0.3) is 0 Å². The highest BCUT2D eigenvalue weighted by Gasteiger charge is 2.54. The van der Waals surface area contributed by atoms with Gasteiger partial charge in [0.1, 0.15) is 11.8 Å². The van der Waals surface area contributed by atoms with Crippen molar-refractivity contribution in [1.29, 1.82) is 15.8 Å². The number of halogens is 2. The van der Waals surface area contributed by atoms with Crippen molar-refractivity contribution in [1.82, 2.24) is 0 Å². The molecule has 1 aromatic rings. The van der Waals surface area contributed by atoms with Gasteiger partial charge in [0.15, 0.2) is 5.41 Å². The van der Waals surface area contributed by atoms with Crippen LogP contribution in [0.2, 0.25) is 0 Å². The van der Waals surface area contributed by atoms with Crippen molar-refractivity contribution in [3.05, 3.63) is 52.7 Å². The molecule has 0 heterocycles. The van der Waals surface area contributed by atoms with Crippen LogP contribution in [0.4, 0.5) is 8.78 Å². The number of ether oxygens (including phenoxy) is 1. The van der Waals surface area contributed by atoms with Gasteiger partial charge in [0.2, 0.25) is 0 Å². The third-order valence-electron chi connectivity index (χ3n) is 5.27. The van der Waals surface area contributed by atoms with Crippen LogP contribution in [0.1, 0.15) is 30.7 Å². The number of alkyl halides is 2. The molecule has 0 spiro atoms. The van der Waals surface area contributed by atoms with Crippen LogP contribution in [0.5, 0.6) is 5.75 Å². The van der Waals surface area contributed by atoms with Crippen LogP contribution in [-0.4, -0.2) is 6.61 Å². The first-order valence-corrected chi connectivity index (χ1v) is 8.47. The zero-order chi connectivity index (χ0) is 19.6. The maximum Gasteiger partial charge on any atom is 0.387 e. The van der Waals surface area contributed by atoms with Crippen molar-refractivity contribution in [3.63, 3.8) is 0 Å². The number of para-hydroxylation sites is 1. The zero-order valence-electron chi connectivity index (χ0n) is 14.3. The second-order valence-corrected chi connectivity index (χ2v) is 6.52. The second kappa shape index (κ2) is 7.09. The topological polar surface area (TPSA) is 107 Å². The van der Waals surface area contributed by atoms with E-state index in [9.17, 15) is 24.6 Å². The Morgan fingerprint density at radius 1 is 1.19 bits per heavy atom.